The van der Waals surface area contributed by atoms with Gasteiger partial charge in [0.05, 0.1) is 18.2 Å². The largest absolute Gasteiger partial charge is 0.444 e. The first-order valence-corrected chi connectivity index (χ1v) is 6.71. The van der Waals surface area contributed by atoms with Crippen molar-refractivity contribution in [2.75, 3.05) is 13.2 Å². The maximum atomic E-state index is 11.8. The Labute approximate surface area is 115 Å². The zero-order valence-electron chi connectivity index (χ0n) is 12.2. The van der Waals surface area contributed by atoms with Crippen molar-refractivity contribution in [2.45, 2.75) is 57.8 Å². The van der Waals surface area contributed by atoms with Gasteiger partial charge >= 0.3 is 6.09 Å². The van der Waals surface area contributed by atoms with Crippen LogP contribution in [0.4, 0.5) is 4.79 Å². The lowest BCUT2D eigenvalue weighted by Crippen LogP contribution is -2.54. The van der Waals surface area contributed by atoms with Gasteiger partial charge in [-0.3, -0.25) is 0 Å². The summed E-state index contributed by atoms with van der Waals surface area (Å²) in [5.41, 5.74) is -1.54. The minimum absolute atomic E-state index is 0.272. The number of hydrogen-bond acceptors (Lipinski definition) is 4. The van der Waals surface area contributed by atoms with Crippen molar-refractivity contribution in [2.24, 2.45) is 0 Å². The van der Waals surface area contributed by atoms with E-state index in [1.54, 1.807) is 20.8 Å². The number of carbonyl (C=O) groups excluding carboxylic acids is 1. The van der Waals surface area contributed by atoms with Gasteiger partial charge in [0.2, 0.25) is 0 Å². The van der Waals surface area contributed by atoms with E-state index in [1.165, 1.54) is 0 Å². The molecule has 5 heteroatoms. The van der Waals surface area contributed by atoms with Gasteiger partial charge in [0.25, 0.3) is 0 Å². The summed E-state index contributed by atoms with van der Waals surface area (Å²) in [4.78, 5) is 11.8. The zero-order chi connectivity index (χ0) is 14.5. The summed E-state index contributed by atoms with van der Waals surface area (Å²) in [6, 6.07) is -0.475. The maximum Gasteiger partial charge on any atom is 0.408 e. The summed E-state index contributed by atoms with van der Waals surface area (Å²) >= 11 is 0. The van der Waals surface area contributed by atoms with E-state index in [0.717, 1.165) is 0 Å². The first-order chi connectivity index (χ1) is 8.77. The molecule has 0 unspecified atom stereocenters. The third kappa shape index (κ3) is 5.20. The van der Waals surface area contributed by atoms with Gasteiger partial charge in [-0.2, -0.15) is 0 Å². The fraction of sp³-hybridized carbons (Fsp3) is 0.786. The lowest BCUT2D eigenvalue weighted by atomic mass is 9.92. The molecule has 0 spiro atoms. The monoisotopic (exact) mass is 271 g/mol. The van der Waals surface area contributed by atoms with Crippen LogP contribution in [0.15, 0.2) is 12.2 Å². The summed E-state index contributed by atoms with van der Waals surface area (Å²) in [5, 5.41) is 13.2. The van der Waals surface area contributed by atoms with Crippen molar-refractivity contribution in [3.63, 3.8) is 0 Å². The number of rotatable bonds is 5. The fourth-order valence-corrected chi connectivity index (χ4v) is 1.96. The quantitative estimate of drug-likeness (QED) is 0.750. The van der Waals surface area contributed by atoms with Crippen molar-refractivity contribution in [3.05, 3.63) is 12.2 Å². The molecule has 0 aromatic heterocycles. The SMILES string of the molecule is CCOC[C@@H](NC(=O)OC(C)(C)C)C1(O)CC=CC1. The van der Waals surface area contributed by atoms with Crippen LogP contribution in [0.5, 0.6) is 0 Å². The molecule has 1 rings (SSSR count). The molecule has 1 amide bonds. The smallest absolute Gasteiger partial charge is 0.408 e. The van der Waals surface area contributed by atoms with Crippen LogP contribution in [0.3, 0.4) is 0 Å². The van der Waals surface area contributed by atoms with Crippen LogP contribution in [0.2, 0.25) is 0 Å². The Morgan fingerprint density at radius 3 is 2.47 bits per heavy atom. The topological polar surface area (TPSA) is 67.8 Å². The van der Waals surface area contributed by atoms with Crippen molar-refractivity contribution >= 4 is 6.09 Å². The molecule has 0 aromatic rings. The molecule has 2 N–H and O–H groups in total. The van der Waals surface area contributed by atoms with Gasteiger partial charge in [0.15, 0.2) is 0 Å². The zero-order valence-corrected chi connectivity index (χ0v) is 12.2. The highest BCUT2D eigenvalue weighted by atomic mass is 16.6. The number of hydrogen-bond donors (Lipinski definition) is 2. The maximum absolute atomic E-state index is 11.8. The number of aliphatic hydroxyl groups is 1. The molecule has 1 atom stereocenters. The van der Waals surface area contributed by atoms with Crippen LogP contribution in [-0.2, 0) is 9.47 Å². The first-order valence-electron chi connectivity index (χ1n) is 6.71. The molecule has 0 saturated heterocycles. The van der Waals surface area contributed by atoms with Gasteiger partial charge in [0, 0.05) is 6.61 Å². The predicted octanol–water partition coefficient (Wildman–Crippen LogP) is 2.00. The van der Waals surface area contributed by atoms with Gasteiger partial charge in [0.1, 0.15) is 5.60 Å². The molecule has 0 bridgehead atoms. The molecule has 0 aromatic carbocycles. The number of nitrogens with one attached hydrogen (secondary N) is 1. The molecule has 1 aliphatic rings. The number of alkyl carbamates (subject to hydrolysis) is 1. The van der Waals surface area contributed by atoms with E-state index in [1.807, 2.05) is 19.1 Å². The number of ether oxygens (including phenoxy) is 2. The van der Waals surface area contributed by atoms with Crippen LogP contribution in [-0.4, -0.2) is 41.7 Å². The Morgan fingerprint density at radius 2 is 2.00 bits per heavy atom. The Hall–Kier alpha value is -1.07. The Morgan fingerprint density at radius 1 is 1.42 bits per heavy atom. The highest BCUT2D eigenvalue weighted by molar-refractivity contribution is 5.68. The second kappa shape index (κ2) is 6.39. The van der Waals surface area contributed by atoms with Crippen LogP contribution in [0, 0.1) is 0 Å². The van der Waals surface area contributed by atoms with E-state index in [9.17, 15) is 9.90 Å². The van der Waals surface area contributed by atoms with Gasteiger partial charge in [-0.25, -0.2) is 4.79 Å². The Kier molecular flexibility index (Phi) is 5.38. The summed E-state index contributed by atoms with van der Waals surface area (Å²) < 4.78 is 10.6. The van der Waals surface area contributed by atoms with E-state index in [0.29, 0.717) is 19.4 Å². The molecule has 5 nitrogen and oxygen atoms in total. The van der Waals surface area contributed by atoms with Crippen molar-refractivity contribution in [3.8, 4) is 0 Å². The van der Waals surface area contributed by atoms with Crippen LogP contribution in [0.1, 0.15) is 40.5 Å². The lowest BCUT2D eigenvalue weighted by Gasteiger charge is -2.33. The van der Waals surface area contributed by atoms with Gasteiger partial charge < -0.3 is 19.9 Å². The van der Waals surface area contributed by atoms with Crippen molar-refractivity contribution < 1.29 is 19.4 Å². The summed E-state index contributed by atoms with van der Waals surface area (Å²) in [6.07, 6.45) is 4.32. The molecule has 0 aliphatic heterocycles. The number of carbonyl (C=O) groups is 1. The average molecular weight is 271 g/mol. The Balaban J connectivity index is 2.62. The van der Waals surface area contributed by atoms with E-state index in [-0.39, 0.29) is 6.61 Å². The molecule has 110 valence electrons. The lowest BCUT2D eigenvalue weighted by molar-refractivity contribution is -0.0274. The number of amides is 1. The minimum atomic E-state index is -0.980. The minimum Gasteiger partial charge on any atom is -0.444 e. The first kappa shape index (κ1) is 16.0. The summed E-state index contributed by atoms with van der Waals surface area (Å²) in [6.45, 7) is 8.09. The second-order valence-corrected chi connectivity index (χ2v) is 5.84. The van der Waals surface area contributed by atoms with E-state index in [4.69, 9.17) is 9.47 Å². The predicted molar refractivity (Wildman–Crippen MR) is 73.0 cm³/mol. The standard InChI is InChI=1S/C14H25NO4/c1-5-18-10-11(14(17)8-6-7-9-14)15-12(16)19-13(2,3)4/h6-7,11,17H,5,8-10H2,1-4H3,(H,15,16)/t11-/m1/s1. The van der Waals surface area contributed by atoms with Gasteiger partial charge in [-0.1, -0.05) is 12.2 Å². The molecular formula is C14H25NO4. The van der Waals surface area contributed by atoms with Gasteiger partial charge in [-0.05, 0) is 40.5 Å². The molecular weight excluding hydrogens is 246 g/mol. The third-order valence-corrected chi connectivity index (χ3v) is 2.94. The molecule has 0 heterocycles. The third-order valence-electron chi connectivity index (χ3n) is 2.94. The van der Waals surface area contributed by atoms with Gasteiger partial charge in [-0.15, -0.1) is 0 Å². The van der Waals surface area contributed by atoms with E-state index in [2.05, 4.69) is 5.32 Å². The molecule has 0 radical (unpaired) electrons. The molecule has 19 heavy (non-hydrogen) atoms. The molecule has 0 fully saturated rings. The highest BCUT2D eigenvalue weighted by Crippen LogP contribution is 2.27. The molecule has 1 aliphatic carbocycles. The second-order valence-electron chi connectivity index (χ2n) is 5.84. The van der Waals surface area contributed by atoms with Crippen LogP contribution in [0.25, 0.3) is 0 Å². The summed E-state index contributed by atoms with van der Waals surface area (Å²) in [7, 11) is 0. The molecule has 0 saturated carbocycles. The average Bonchev–Trinajstić information content (AvgIpc) is 2.70. The van der Waals surface area contributed by atoms with E-state index >= 15 is 0 Å². The van der Waals surface area contributed by atoms with Crippen molar-refractivity contribution in [1.29, 1.82) is 0 Å². The van der Waals surface area contributed by atoms with E-state index < -0.39 is 23.3 Å². The highest BCUT2D eigenvalue weighted by Gasteiger charge is 2.39. The summed E-state index contributed by atoms with van der Waals surface area (Å²) in [5.74, 6) is 0. The van der Waals surface area contributed by atoms with Crippen LogP contribution < -0.4 is 5.32 Å². The Bertz CT molecular complexity index is 325. The fourth-order valence-electron chi connectivity index (χ4n) is 1.96. The van der Waals surface area contributed by atoms with Crippen LogP contribution >= 0.6 is 0 Å². The van der Waals surface area contributed by atoms with Crippen molar-refractivity contribution in [1.82, 2.24) is 5.32 Å². The normalized spacial score (nSPS) is 19.2.